The molecule has 1 aliphatic rings. The second kappa shape index (κ2) is 3.84. The van der Waals surface area contributed by atoms with Gasteiger partial charge in [0.1, 0.15) is 0 Å². The lowest BCUT2D eigenvalue weighted by Crippen LogP contribution is -2.28. The zero-order chi connectivity index (χ0) is 10.9. The number of rotatable bonds is 2. The summed E-state index contributed by atoms with van der Waals surface area (Å²) in [6.45, 7) is 0.569. The summed E-state index contributed by atoms with van der Waals surface area (Å²) in [4.78, 5) is 0. The summed E-state index contributed by atoms with van der Waals surface area (Å²) in [7, 11) is -2.85. The molecule has 1 unspecified atom stereocenters. The van der Waals surface area contributed by atoms with Crippen LogP contribution in [0.1, 0.15) is 12.8 Å². The van der Waals surface area contributed by atoms with E-state index in [9.17, 15) is 8.42 Å². The van der Waals surface area contributed by atoms with Crippen LogP contribution in [-0.4, -0.2) is 34.8 Å². The lowest BCUT2D eigenvalue weighted by molar-refractivity contribution is 0.404. The van der Waals surface area contributed by atoms with E-state index in [2.05, 4.69) is 5.10 Å². The number of sulfone groups is 1. The van der Waals surface area contributed by atoms with Crippen molar-refractivity contribution in [3.05, 3.63) is 12.4 Å². The largest absolute Gasteiger partial charge is 0.505 e. The molecule has 15 heavy (non-hydrogen) atoms. The van der Waals surface area contributed by atoms with Gasteiger partial charge in [0, 0.05) is 6.54 Å². The van der Waals surface area contributed by atoms with Gasteiger partial charge >= 0.3 is 0 Å². The Labute approximate surface area is 88.6 Å². The molecule has 1 aromatic heterocycles. The molecule has 0 bridgehead atoms. The van der Waals surface area contributed by atoms with Crippen LogP contribution in [0.5, 0.6) is 5.75 Å². The average Bonchev–Trinajstić information content (AvgIpc) is 2.49. The summed E-state index contributed by atoms with van der Waals surface area (Å²) >= 11 is 0. The van der Waals surface area contributed by atoms with Crippen LogP contribution in [0.4, 0.5) is 0 Å². The summed E-state index contributed by atoms with van der Waals surface area (Å²) in [5.41, 5.74) is 0. The van der Waals surface area contributed by atoms with Gasteiger partial charge in [0.25, 0.3) is 0 Å². The van der Waals surface area contributed by atoms with E-state index in [4.69, 9.17) is 5.11 Å². The maximum Gasteiger partial charge on any atom is 0.153 e. The summed E-state index contributed by atoms with van der Waals surface area (Å²) < 4.78 is 24.4. The molecule has 0 aromatic carbocycles. The second-order valence-electron chi connectivity index (χ2n) is 4.04. The Balaban J connectivity index is 2.01. The van der Waals surface area contributed by atoms with E-state index in [-0.39, 0.29) is 17.4 Å². The van der Waals surface area contributed by atoms with E-state index in [0.717, 1.165) is 12.8 Å². The highest BCUT2D eigenvalue weighted by molar-refractivity contribution is 7.91. The van der Waals surface area contributed by atoms with Gasteiger partial charge in [-0.25, -0.2) is 8.42 Å². The van der Waals surface area contributed by atoms with Gasteiger partial charge in [-0.1, -0.05) is 0 Å². The lowest BCUT2D eigenvalue weighted by Gasteiger charge is -2.21. The average molecular weight is 230 g/mol. The fourth-order valence-corrected chi connectivity index (χ4v) is 3.74. The smallest absolute Gasteiger partial charge is 0.153 e. The summed E-state index contributed by atoms with van der Waals surface area (Å²) in [6, 6.07) is 0. The standard InChI is InChI=1S/C9H14N2O3S/c12-9-4-10-11(6-9)5-8-2-1-3-15(13,14)7-8/h4,6,8,12H,1-3,5,7H2. The van der Waals surface area contributed by atoms with Crippen LogP contribution in [0.3, 0.4) is 0 Å². The maximum atomic E-state index is 11.4. The number of hydrogen-bond acceptors (Lipinski definition) is 4. The van der Waals surface area contributed by atoms with E-state index >= 15 is 0 Å². The topological polar surface area (TPSA) is 72.2 Å². The predicted molar refractivity (Wildman–Crippen MR) is 55.3 cm³/mol. The molecule has 0 amide bonds. The fraction of sp³-hybridized carbons (Fsp3) is 0.667. The van der Waals surface area contributed by atoms with Gasteiger partial charge in [-0.05, 0) is 18.8 Å². The Morgan fingerprint density at radius 3 is 3.00 bits per heavy atom. The van der Waals surface area contributed by atoms with E-state index in [1.807, 2.05) is 0 Å². The molecule has 0 spiro atoms. The molecule has 0 radical (unpaired) electrons. The molecule has 1 fully saturated rings. The summed E-state index contributed by atoms with van der Waals surface area (Å²) in [6.07, 6.45) is 4.53. The van der Waals surface area contributed by atoms with Crippen LogP contribution in [0.15, 0.2) is 12.4 Å². The van der Waals surface area contributed by atoms with Crippen molar-refractivity contribution >= 4 is 9.84 Å². The first-order valence-electron chi connectivity index (χ1n) is 4.97. The van der Waals surface area contributed by atoms with Crippen molar-refractivity contribution in [2.45, 2.75) is 19.4 Å². The fourth-order valence-electron chi connectivity index (χ4n) is 1.98. The lowest BCUT2D eigenvalue weighted by atomic mass is 10.1. The first-order chi connectivity index (χ1) is 7.05. The Morgan fingerprint density at radius 1 is 1.60 bits per heavy atom. The molecule has 1 saturated heterocycles. The third kappa shape index (κ3) is 2.71. The van der Waals surface area contributed by atoms with Crippen molar-refractivity contribution in [3.8, 4) is 5.75 Å². The van der Waals surface area contributed by atoms with E-state index in [1.54, 1.807) is 4.68 Å². The highest BCUT2D eigenvalue weighted by atomic mass is 32.2. The zero-order valence-corrected chi connectivity index (χ0v) is 9.15. The van der Waals surface area contributed by atoms with Gasteiger partial charge in [-0.2, -0.15) is 5.10 Å². The normalized spacial score (nSPS) is 25.2. The zero-order valence-electron chi connectivity index (χ0n) is 8.33. The highest BCUT2D eigenvalue weighted by Gasteiger charge is 2.25. The molecular formula is C9H14N2O3S. The number of hydrogen-bond donors (Lipinski definition) is 1. The number of aromatic hydroxyl groups is 1. The van der Waals surface area contributed by atoms with Crippen LogP contribution in [0.2, 0.25) is 0 Å². The van der Waals surface area contributed by atoms with Gasteiger partial charge in [0.05, 0.1) is 23.9 Å². The second-order valence-corrected chi connectivity index (χ2v) is 6.27. The minimum Gasteiger partial charge on any atom is -0.505 e. The van der Waals surface area contributed by atoms with Gasteiger partial charge < -0.3 is 5.11 Å². The van der Waals surface area contributed by atoms with E-state index in [0.29, 0.717) is 12.3 Å². The first-order valence-corrected chi connectivity index (χ1v) is 6.79. The molecule has 1 aliphatic heterocycles. The Morgan fingerprint density at radius 2 is 2.40 bits per heavy atom. The number of nitrogens with zero attached hydrogens (tertiary/aromatic N) is 2. The third-order valence-electron chi connectivity index (χ3n) is 2.62. The minimum absolute atomic E-state index is 0.119. The van der Waals surface area contributed by atoms with Crippen molar-refractivity contribution < 1.29 is 13.5 Å². The Kier molecular flexibility index (Phi) is 2.68. The first kappa shape index (κ1) is 10.5. The molecule has 0 saturated carbocycles. The van der Waals surface area contributed by atoms with Crippen LogP contribution in [0.25, 0.3) is 0 Å². The summed E-state index contributed by atoms with van der Waals surface area (Å²) in [5.74, 6) is 0.804. The molecule has 1 aromatic rings. The summed E-state index contributed by atoms with van der Waals surface area (Å²) in [5, 5.41) is 13.0. The molecule has 5 nitrogen and oxygen atoms in total. The SMILES string of the molecule is O=S1(=O)CCCC(Cn2cc(O)cn2)C1. The third-order valence-corrected chi connectivity index (χ3v) is 4.51. The maximum absolute atomic E-state index is 11.4. The van der Waals surface area contributed by atoms with Gasteiger partial charge in [-0.15, -0.1) is 0 Å². The van der Waals surface area contributed by atoms with Crippen molar-refractivity contribution in [2.24, 2.45) is 5.92 Å². The van der Waals surface area contributed by atoms with Crippen LogP contribution < -0.4 is 0 Å². The van der Waals surface area contributed by atoms with Gasteiger partial charge in [0.2, 0.25) is 0 Å². The molecular weight excluding hydrogens is 216 g/mol. The van der Waals surface area contributed by atoms with Crippen LogP contribution in [0, 0.1) is 5.92 Å². The molecule has 2 rings (SSSR count). The van der Waals surface area contributed by atoms with Crippen LogP contribution in [-0.2, 0) is 16.4 Å². The highest BCUT2D eigenvalue weighted by Crippen LogP contribution is 2.20. The van der Waals surface area contributed by atoms with Crippen molar-refractivity contribution in [1.29, 1.82) is 0 Å². The van der Waals surface area contributed by atoms with E-state index < -0.39 is 9.84 Å². The van der Waals surface area contributed by atoms with Crippen molar-refractivity contribution in [3.63, 3.8) is 0 Å². The molecule has 0 aliphatic carbocycles. The van der Waals surface area contributed by atoms with Gasteiger partial charge in [-0.3, -0.25) is 4.68 Å². The number of aromatic nitrogens is 2. The predicted octanol–water partition coefficient (Wildman–Crippen LogP) is 0.414. The molecule has 1 atom stereocenters. The van der Waals surface area contributed by atoms with Crippen molar-refractivity contribution in [2.75, 3.05) is 11.5 Å². The minimum atomic E-state index is -2.85. The molecule has 1 N–H and O–H groups in total. The molecule has 84 valence electrons. The van der Waals surface area contributed by atoms with Gasteiger partial charge in [0.15, 0.2) is 15.6 Å². The molecule has 2 heterocycles. The Hall–Kier alpha value is -1.04. The van der Waals surface area contributed by atoms with E-state index in [1.165, 1.54) is 12.4 Å². The monoisotopic (exact) mass is 230 g/mol. The van der Waals surface area contributed by atoms with Crippen LogP contribution >= 0.6 is 0 Å². The quantitative estimate of drug-likeness (QED) is 0.799. The Bertz CT molecular complexity index is 438. The molecule has 6 heteroatoms. The van der Waals surface area contributed by atoms with Crippen molar-refractivity contribution in [1.82, 2.24) is 9.78 Å².